The summed E-state index contributed by atoms with van der Waals surface area (Å²) < 4.78 is 16.0. The van der Waals surface area contributed by atoms with Crippen LogP contribution in [0, 0.1) is 9.39 Å². The third-order valence-electron chi connectivity index (χ3n) is 3.14. The molecular weight excluding hydrogens is 396 g/mol. The molecule has 0 aliphatic rings. The van der Waals surface area contributed by atoms with Crippen LogP contribution < -0.4 is 5.32 Å². The van der Waals surface area contributed by atoms with Gasteiger partial charge in [0.25, 0.3) is 0 Å². The van der Waals surface area contributed by atoms with Crippen molar-refractivity contribution in [3.63, 3.8) is 0 Å². The molecule has 0 radical (unpaired) electrons. The zero-order chi connectivity index (χ0) is 14.9. The van der Waals surface area contributed by atoms with Gasteiger partial charge in [-0.15, -0.1) is 11.6 Å². The number of aryl methyl sites for hydroxylation is 1. The summed E-state index contributed by atoms with van der Waals surface area (Å²) in [5.74, 6) is 0.607. The van der Waals surface area contributed by atoms with Gasteiger partial charge in [-0.2, -0.15) is 0 Å². The molecule has 0 spiro atoms. The summed E-state index contributed by atoms with van der Waals surface area (Å²) in [5, 5.41) is 2.60. The highest BCUT2D eigenvalue weighted by Crippen LogP contribution is 2.25. The van der Waals surface area contributed by atoms with E-state index >= 15 is 0 Å². The largest absolute Gasteiger partial charge is 0.357 e. The van der Waals surface area contributed by atoms with Gasteiger partial charge in [0.1, 0.15) is 17.7 Å². The Kier molecular flexibility index (Phi) is 4.85. The van der Waals surface area contributed by atoms with Gasteiger partial charge in [-0.1, -0.05) is 0 Å². The van der Waals surface area contributed by atoms with Crippen molar-refractivity contribution < 1.29 is 9.18 Å². The SMILES string of the molecule is CNC(=O)C(C)n1c(CCCl)nc2cc(I)c(F)cc21. The van der Waals surface area contributed by atoms with Crippen LogP contribution in [0.5, 0.6) is 0 Å². The molecule has 0 aliphatic carbocycles. The monoisotopic (exact) mass is 409 g/mol. The summed E-state index contributed by atoms with van der Waals surface area (Å²) in [6, 6.07) is 2.62. The second-order valence-corrected chi connectivity index (χ2v) is 5.92. The fourth-order valence-corrected chi connectivity index (χ4v) is 2.78. The quantitative estimate of drug-likeness (QED) is 0.623. The average Bonchev–Trinajstić information content (AvgIpc) is 2.75. The van der Waals surface area contributed by atoms with Gasteiger partial charge in [0.05, 0.1) is 14.6 Å². The summed E-state index contributed by atoms with van der Waals surface area (Å²) in [4.78, 5) is 16.3. The fourth-order valence-electron chi connectivity index (χ4n) is 2.16. The van der Waals surface area contributed by atoms with Crippen molar-refractivity contribution in [1.82, 2.24) is 14.9 Å². The van der Waals surface area contributed by atoms with Gasteiger partial charge >= 0.3 is 0 Å². The predicted molar refractivity (Wildman–Crippen MR) is 85.6 cm³/mol. The molecule has 1 N–H and O–H groups in total. The normalized spacial score (nSPS) is 12.7. The van der Waals surface area contributed by atoms with E-state index in [1.807, 2.05) is 22.6 Å². The Hall–Kier alpha value is -0.890. The van der Waals surface area contributed by atoms with E-state index in [9.17, 15) is 9.18 Å². The van der Waals surface area contributed by atoms with Gasteiger partial charge in [0.15, 0.2) is 0 Å². The molecule has 0 saturated carbocycles. The van der Waals surface area contributed by atoms with Crippen LogP contribution in [0.2, 0.25) is 0 Å². The lowest BCUT2D eigenvalue weighted by Crippen LogP contribution is -2.28. The van der Waals surface area contributed by atoms with Gasteiger partial charge in [0, 0.05) is 25.4 Å². The lowest BCUT2D eigenvalue weighted by Gasteiger charge is -2.16. The summed E-state index contributed by atoms with van der Waals surface area (Å²) in [5.41, 5.74) is 1.28. The molecule has 108 valence electrons. The van der Waals surface area contributed by atoms with E-state index in [1.165, 1.54) is 6.07 Å². The number of hydrogen-bond acceptors (Lipinski definition) is 2. The molecule has 1 amide bonds. The van der Waals surface area contributed by atoms with Gasteiger partial charge < -0.3 is 9.88 Å². The first-order valence-corrected chi connectivity index (χ1v) is 7.74. The number of rotatable bonds is 4. The predicted octanol–water partition coefficient (Wildman–Crippen LogP) is 2.87. The topological polar surface area (TPSA) is 46.9 Å². The summed E-state index contributed by atoms with van der Waals surface area (Å²) in [7, 11) is 1.57. The van der Waals surface area contributed by atoms with E-state index in [4.69, 9.17) is 11.6 Å². The van der Waals surface area contributed by atoms with Crippen LogP contribution in [-0.4, -0.2) is 28.4 Å². The van der Waals surface area contributed by atoms with Gasteiger partial charge in [-0.25, -0.2) is 9.37 Å². The van der Waals surface area contributed by atoms with Crippen LogP contribution in [0.1, 0.15) is 18.8 Å². The highest BCUT2D eigenvalue weighted by molar-refractivity contribution is 14.1. The number of imidazole rings is 1. The highest BCUT2D eigenvalue weighted by Gasteiger charge is 2.21. The maximum Gasteiger partial charge on any atom is 0.242 e. The molecule has 20 heavy (non-hydrogen) atoms. The van der Waals surface area contributed by atoms with E-state index in [0.717, 1.165) is 0 Å². The Morgan fingerprint density at radius 2 is 2.30 bits per heavy atom. The number of nitrogens with one attached hydrogen (secondary N) is 1. The van der Waals surface area contributed by atoms with Gasteiger partial charge in [-0.3, -0.25) is 4.79 Å². The smallest absolute Gasteiger partial charge is 0.242 e. The third kappa shape index (κ3) is 2.76. The minimum absolute atomic E-state index is 0.154. The summed E-state index contributed by atoms with van der Waals surface area (Å²) in [6.07, 6.45) is 0.524. The zero-order valence-corrected chi connectivity index (χ0v) is 14.0. The second-order valence-electron chi connectivity index (χ2n) is 4.38. The molecular formula is C13H14ClFIN3O. The van der Waals surface area contributed by atoms with Crippen molar-refractivity contribution in [3.8, 4) is 0 Å². The molecule has 7 heteroatoms. The number of fused-ring (bicyclic) bond motifs is 1. The second kappa shape index (κ2) is 6.26. The highest BCUT2D eigenvalue weighted by atomic mass is 127. The number of alkyl halides is 1. The molecule has 2 rings (SSSR count). The Morgan fingerprint density at radius 3 is 2.90 bits per heavy atom. The summed E-state index contributed by atoms with van der Waals surface area (Å²) >= 11 is 7.71. The fraction of sp³-hybridized carbons (Fsp3) is 0.385. The molecule has 1 heterocycles. The first kappa shape index (κ1) is 15.5. The number of benzene rings is 1. The van der Waals surface area contributed by atoms with Crippen LogP contribution in [0.25, 0.3) is 11.0 Å². The maximum atomic E-state index is 13.8. The number of hydrogen-bond donors (Lipinski definition) is 1. The van der Waals surface area contributed by atoms with Crippen LogP contribution in [0.3, 0.4) is 0 Å². The van der Waals surface area contributed by atoms with E-state index in [0.29, 0.717) is 32.7 Å². The Morgan fingerprint density at radius 1 is 1.60 bits per heavy atom. The lowest BCUT2D eigenvalue weighted by atomic mass is 10.2. The van der Waals surface area contributed by atoms with Crippen LogP contribution >= 0.6 is 34.2 Å². The lowest BCUT2D eigenvalue weighted by molar-refractivity contribution is -0.123. The number of halogens is 3. The van der Waals surface area contributed by atoms with Gasteiger partial charge in [-0.05, 0) is 35.6 Å². The first-order chi connectivity index (χ1) is 9.49. The molecule has 0 bridgehead atoms. The molecule has 1 aromatic heterocycles. The van der Waals surface area contributed by atoms with Gasteiger partial charge in [0.2, 0.25) is 5.91 Å². The molecule has 2 aromatic rings. The Bertz CT molecular complexity index is 659. The molecule has 0 saturated heterocycles. The van der Waals surface area contributed by atoms with Crippen LogP contribution in [0.4, 0.5) is 4.39 Å². The number of likely N-dealkylation sites (N-methyl/N-ethyl adjacent to an activating group) is 1. The standard InChI is InChI=1S/C13H14ClFIN3O/c1-7(13(20)17-2)19-11-5-8(15)9(16)6-10(11)18-12(19)3-4-14/h5-7H,3-4H2,1-2H3,(H,17,20). The average molecular weight is 410 g/mol. The number of carbonyl (C=O) groups is 1. The van der Waals surface area contributed by atoms with Crippen molar-refractivity contribution in [2.45, 2.75) is 19.4 Å². The molecule has 1 unspecified atom stereocenters. The number of carbonyl (C=O) groups excluding carboxylic acids is 1. The number of nitrogens with zero attached hydrogens (tertiary/aromatic N) is 2. The maximum absolute atomic E-state index is 13.8. The molecule has 1 atom stereocenters. The molecule has 4 nitrogen and oxygen atoms in total. The first-order valence-electron chi connectivity index (χ1n) is 6.13. The van der Waals surface area contributed by atoms with Crippen molar-refractivity contribution in [1.29, 1.82) is 0 Å². The Labute approximate surface area is 134 Å². The Balaban J connectivity index is 2.67. The number of aromatic nitrogens is 2. The van der Waals surface area contributed by atoms with Crippen molar-refractivity contribution in [3.05, 3.63) is 27.3 Å². The van der Waals surface area contributed by atoms with Crippen LogP contribution in [0.15, 0.2) is 12.1 Å². The third-order valence-corrected chi connectivity index (χ3v) is 4.15. The molecule has 0 aliphatic heterocycles. The van der Waals surface area contributed by atoms with E-state index < -0.39 is 6.04 Å². The van der Waals surface area contributed by atoms with Crippen LogP contribution in [-0.2, 0) is 11.2 Å². The molecule has 0 fully saturated rings. The van der Waals surface area contributed by atoms with E-state index in [-0.39, 0.29) is 11.7 Å². The van der Waals surface area contributed by atoms with E-state index in [1.54, 1.807) is 24.6 Å². The zero-order valence-electron chi connectivity index (χ0n) is 11.1. The minimum atomic E-state index is -0.470. The van der Waals surface area contributed by atoms with Crippen molar-refractivity contribution in [2.75, 3.05) is 12.9 Å². The number of amides is 1. The van der Waals surface area contributed by atoms with Crippen molar-refractivity contribution >= 4 is 51.1 Å². The van der Waals surface area contributed by atoms with Crippen molar-refractivity contribution in [2.24, 2.45) is 0 Å². The minimum Gasteiger partial charge on any atom is -0.357 e. The molecule has 1 aromatic carbocycles. The van der Waals surface area contributed by atoms with E-state index in [2.05, 4.69) is 10.3 Å². The summed E-state index contributed by atoms with van der Waals surface area (Å²) in [6.45, 7) is 1.76.